The van der Waals surface area contributed by atoms with E-state index in [2.05, 4.69) is 6.07 Å². The predicted octanol–water partition coefficient (Wildman–Crippen LogP) is 3.74. The van der Waals surface area contributed by atoms with Crippen LogP contribution in [0, 0.1) is 24.0 Å². The van der Waals surface area contributed by atoms with Gasteiger partial charge in [0.05, 0.1) is 15.5 Å². The fraction of sp³-hybridized carbons (Fsp3) is 0.333. The van der Waals surface area contributed by atoms with Gasteiger partial charge in [0.2, 0.25) is 0 Å². The summed E-state index contributed by atoms with van der Waals surface area (Å²) in [6.07, 6.45) is 2.50. The molecule has 25 heavy (non-hydrogen) atoms. The van der Waals surface area contributed by atoms with Crippen LogP contribution in [0.5, 0.6) is 0 Å². The number of rotatable bonds is 3. The first-order valence-corrected chi connectivity index (χ1v) is 9.62. The van der Waals surface area contributed by atoms with E-state index < -0.39 is 14.9 Å². The number of nitrogens with zero attached hydrogens (tertiary/aromatic N) is 2. The van der Waals surface area contributed by atoms with Crippen LogP contribution in [0.2, 0.25) is 0 Å². The second-order valence-electron chi connectivity index (χ2n) is 6.37. The zero-order chi connectivity index (χ0) is 18.2. The van der Waals surface area contributed by atoms with Crippen molar-refractivity contribution in [1.82, 2.24) is 0 Å². The molecular formula is C18H20N2O4S. The van der Waals surface area contributed by atoms with Gasteiger partial charge in [-0.3, -0.25) is 14.4 Å². The molecule has 3 rings (SSSR count). The molecule has 0 saturated heterocycles. The lowest BCUT2D eigenvalue weighted by molar-refractivity contribution is -0.385. The summed E-state index contributed by atoms with van der Waals surface area (Å²) in [4.78, 5) is 10.4. The number of aryl methyl sites for hydroxylation is 2. The van der Waals surface area contributed by atoms with Crippen LogP contribution in [-0.2, 0) is 16.4 Å². The second kappa shape index (κ2) is 6.48. The molecule has 0 bridgehead atoms. The highest BCUT2D eigenvalue weighted by molar-refractivity contribution is 7.92. The first-order valence-electron chi connectivity index (χ1n) is 8.18. The average Bonchev–Trinajstić information content (AvgIpc) is 2.78. The largest absolute Gasteiger partial charge is 0.270 e. The third-order valence-corrected chi connectivity index (χ3v) is 6.33. The van der Waals surface area contributed by atoms with Gasteiger partial charge in [0, 0.05) is 18.7 Å². The van der Waals surface area contributed by atoms with Crippen molar-refractivity contribution in [1.29, 1.82) is 0 Å². The normalized spacial score (nSPS) is 14.7. The van der Waals surface area contributed by atoms with Gasteiger partial charge in [-0.15, -0.1) is 0 Å². The quantitative estimate of drug-likeness (QED) is 0.617. The van der Waals surface area contributed by atoms with Crippen LogP contribution in [0.3, 0.4) is 0 Å². The number of benzene rings is 2. The highest BCUT2D eigenvalue weighted by Gasteiger charge is 2.29. The number of nitro groups is 1. The number of nitro benzene ring substituents is 1. The summed E-state index contributed by atoms with van der Waals surface area (Å²) < 4.78 is 27.8. The van der Waals surface area contributed by atoms with Crippen LogP contribution in [0.4, 0.5) is 11.4 Å². The maximum atomic E-state index is 13.2. The highest BCUT2D eigenvalue weighted by Crippen LogP contribution is 2.34. The van der Waals surface area contributed by atoms with Gasteiger partial charge in [-0.2, -0.15) is 0 Å². The van der Waals surface area contributed by atoms with Crippen molar-refractivity contribution in [2.45, 2.75) is 38.0 Å². The molecule has 0 aliphatic carbocycles. The molecule has 1 aliphatic rings. The van der Waals surface area contributed by atoms with Gasteiger partial charge in [0.25, 0.3) is 15.7 Å². The molecular weight excluding hydrogens is 340 g/mol. The standard InChI is InChI=1S/C18H20N2O4S/c1-13-10-14(2)17-8-3-4-9-19(18(17)11-13)25(23,24)16-7-5-6-15(12-16)20(21)22/h5-7,10-12H,3-4,8-9H2,1-2H3. The van der Waals surface area contributed by atoms with E-state index in [0.29, 0.717) is 12.2 Å². The number of hydrogen-bond donors (Lipinski definition) is 0. The molecule has 0 spiro atoms. The van der Waals surface area contributed by atoms with Crippen molar-refractivity contribution in [3.8, 4) is 0 Å². The number of hydrogen-bond acceptors (Lipinski definition) is 4. The summed E-state index contributed by atoms with van der Waals surface area (Å²) in [5.74, 6) is 0. The monoisotopic (exact) mass is 360 g/mol. The maximum absolute atomic E-state index is 13.2. The molecule has 2 aromatic rings. The summed E-state index contributed by atoms with van der Waals surface area (Å²) in [6, 6.07) is 9.19. The van der Waals surface area contributed by atoms with E-state index in [4.69, 9.17) is 0 Å². The molecule has 0 N–H and O–H groups in total. The van der Waals surface area contributed by atoms with Crippen LogP contribution in [0.15, 0.2) is 41.3 Å². The molecule has 0 atom stereocenters. The van der Waals surface area contributed by atoms with Crippen LogP contribution < -0.4 is 4.31 Å². The lowest BCUT2D eigenvalue weighted by atomic mass is 10.00. The van der Waals surface area contributed by atoms with E-state index in [1.165, 1.54) is 22.5 Å². The summed E-state index contributed by atoms with van der Waals surface area (Å²) in [5.41, 5.74) is 3.59. The molecule has 1 heterocycles. The Morgan fingerprint density at radius 3 is 2.60 bits per heavy atom. The minimum atomic E-state index is -3.86. The van der Waals surface area contributed by atoms with Gasteiger partial charge in [0.15, 0.2) is 0 Å². The van der Waals surface area contributed by atoms with Crippen molar-refractivity contribution >= 4 is 21.4 Å². The summed E-state index contributed by atoms with van der Waals surface area (Å²) in [7, 11) is -3.86. The first-order chi connectivity index (χ1) is 11.8. The molecule has 0 aromatic heterocycles. The van der Waals surface area contributed by atoms with Gasteiger partial charge in [-0.25, -0.2) is 8.42 Å². The Balaban J connectivity index is 2.15. The van der Waals surface area contributed by atoms with Gasteiger partial charge in [-0.05, 0) is 61.9 Å². The maximum Gasteiger partial charge on any atom is 0.270 e. The Morgan fingerprint density at radius 1 is 1.12 bits per heavy atom. The summed E-state index contributed by atoms with van der Waals surface area (Å²) in [5, 5.41) is 11.0. The topological polar surface area (TPSA) is 80.5 Å². The van der Waals surface area contributed by atoms with Crippen molar-refractivity contribution < 1.29 is 13.3 Å². The van der Waals surface area contributed by atoms with Crippen molar-refractivity contribution in [3.63, 3.8) is 0 Å². The van der Waals surface area contributed by atoms with E-state index in [1.54, 1.807) is 0 Å². The lowest BCUT2D eigenvalue weighted by Gasteiger charge is -2.25. The number of anilines is 1. The van der Waals surface area contributed by atoms with E-state index in [1.807, 2.05) is 19.9 Å². The van der Waals surface area contributed by atoms with Gasteiger partial charge >= 0.3 is 0 Å². The van der Waals surface area contributed by atoms with E-state index in [9.17, 15) is 18.5 Å². The van der Waals surface area contributed by atoms with Crippen LogP contribution in [0.1, 0.15) is 29.5 Å². The number of non-ortho nitro benzene ring substituents is 1. The predicted molar refractivity (Wildman–Crippen MR) is 96.5 cm³/mol. The molecule has 6 nitrogen and oxygen atoms in total. The molecule has 0 unspecified atom stereocenters. The van der Waals surface area contributed by atoms with E-state index >= 15 is 0 Å². The SMILES string of the molecule is Cc1cc(C)c2c(c1)N(S(=O)(=O)c1cccc([N+](=O)[O-])c1)CCCC2. The summed E-state index contributed by atoms with van der Waals surface area (Å²) in [6.45, 7) is 4.31. The Hall–Kier alpha value is -2.41. The summed E-state index contributed by atoms with van der Waals surface area (Å²) >= 11 is 0. The fourth-order valence-corrected chi connectivity index (χ4v) is 4.90. The second-order valence-corrected chi connectivity index (χ2v) is 8.23. The smallest absolute Gasteiger partial charge is 0.266 e. The molecule has 1 aliphatic heterocycles. The van der Waals surface area contributed by atoms with Crippen molar-refractivity contribution in [2.75, 3.05) is 10.8 Å². The van der Waals surface area contributed by atoms with E-state index in [-0.39, 0.29) is 10.6 Å². The molecule has 7 heteroatoms. The van der Waals surface area contributed by atoms with Gasteiger partial charge in [-0.1, -0.05) is 12.1 Å². The fourth-order valence-electron chi connectivity index (χ4n) is 3.33. The number of fused-ring (bicyclic) bond motifs is 1. The average molecular weight is 360 g/mol. The highest BCUT2D eigenvalue weighted by atomic mass is 32.2. The molecule has 0 amide bonds. The Kier molecular flexibility index (Phi) is 4.51. The Bertz CT molecular complexity index is 938. The minimum absolute atomic E-state index is 0.0475. The molecule has 2 aromatic carbocycles. The minimum Gasteiger partial charge on any atom is -0.266 e. The van der Waals surface area contributed by atoms with Crippen molar-refractivity contribution in [2.24, 2.45) is 0 Å². The molecule has 0 fully saturated rings. The van der Waals surface area contributed by atoms with Crippen LogP contribution >= 0.6 is 0 Å². The van der Waals surface area contributed by atoms with Crippen LogP contribution in [-0.4, -0.2) is 19.9 Å². The zero-order valence-corrected chi connectivity index (χ0v) is 15.0. The lowest BCUT2D eigenvalue weighted by Crippen LogP contribution is -2.32. The Labute approximate surface area is 147 Å². The molecule has 0 saturated carbocycles. The van der Waals surface area contributed by atoms with Crippen molar-refractivity contribution in [3.05, 3.63) is 63.2 Å². The van der Waals surface area contributed by atoms with Crippen LogP contribution in [0.25, 0.3) is 0 Å². The van der Waals surface area contributed by atoms with Gasteiger partial charge < -0.3 is 0 Å². The third-order valence-electron chi connectivity index (χ3n) is 4.52. The first kappa shape index (κ1) is 17.4. The van der Waals surface area contributed by atoms with Gasteiger partial charge in [0.1, 0.15) is 0 Å². The third kappa shape index (κ3) is 3.24. The number of sulfonamides is 1. The molecule has 132 valence electrons. The zero-order valence-electron chi connectivity index (χ0n) is 14.2. The Morgan fingerprint density at radius 2 is 1.88 bits per heavy atom. The molecule has 0 radical (unpaired) electrons. The van der Waals surface area contributed by atoms with E-state index in [0.717, 1.165) is 42.0 Å².